The Morgan fingerprint density at radius 2 is 2.09 bits per heavy atom. The van der Waals surface area contributed by atoms with E-state index in [1.807, 2.05) is 0 Å². The molecule has 0 aromatic carbocycles. The number of hydrogen-bond acceptors (Lipinski definition) is 1. The van der Waals surface area contributed by atoms with Gasteiger partial charge in [0.2, 0.25) is 0 Å². The maximum atomic E-state index is 2.53. The van der Waals surface area contributed by atoms with Crippen LogP contribution in [0.2, 0.25) is 18.6 Å². The van der Waals surface area contributed by atoms with Crippen LogP contribution in [-0.4, -0.2) is 33.3 Å². The molecule has 1 atom stereocenters. The van der Waals surface area contributed by atoms with E-state index in [4.69, 9.17) is 0 Å². The summed E-state index contributed by atoms with van der Waals surface area (Å²) in [4.78, 5) is 2.53. The highest BCUT2D eigenvalue weighted by molar-refractivity contribution is 6.58. The van der Waals surface area contributed by atoms with E-state index in [2.05, 4.69) is 37.1 Å². The summed E-state index contributed by atoms with van der Waals surface area (Å²) < 4.78 is 0. The van der Waals surface area contributed by atoms with Gasteiger partial charge in [0.1, 0.15) is 0 Å². The largest absolute Gasteiger partial charge is 0.301 e. The van der Waals surface area contributed by atoms with Crippen LogP contribution in [0.3, 0.4) is 0 Å². The molecule has 0 amide bonds. The number of allylic oxidation sites excluding steroid dienone is 1. The lowest BCUT2D eigenvalue weighted by molar-refractivity contribution is 0.563. The van der Waals surface area contributed by atoms with Crippen molar-refractivity contribution in [1.82, 2.24) is 4.90 Å². The molecule has 1 rings (SSSR count). The predicted octanol–water partition coefficient (Wildman–Crippen LogP) is 1.73. The summed E-state index contributed by atoms with van der Waals surface area (Å²) in [5.74, 6) is 0. The molecule has 0 N–H and O–H groups in total. The average molecular weight is 169 g/mol. The second kappa shape index (κ2) is 4.07. The van der Waals surface area contributed by atoms with Crippen molar-refractivity contribution in [3.8, 4) is 0 Å². The van der Waals surface area contributed by atoms with Crippen LogP contribution in [0.5, 0.6) is 0 Å². The quantitative estimate of drug-likeness (QED) is 0.352. The molecule has 0 aromatic rings. The molecule has 1 heterocycles. The van der Waals surface area contributed by atoms with Crippen LogP contribution in [-0.2, 0) is 0 Å². The zero-order chi connectivity index (χ0) is 8.27. The fraction of sp³-hybridized carbons (Fsp3) is 0.778. The minimum atomic E-state index is -0.448. The van der Waals surface area contributed by atoms with Crippen molar-refractivity contribution in [2.24, 2.45) is 0 Å². The maximum Gasteiger partial charge on any atom is 0.0396 e. The molecular formula is C9H19NSi. The summed E-state index contributed by atoms with van der Waals surface area (Å²) in [6, 6.07) is 0. The standard InChI is InChI=1S/C9H19NSi/c1-4-5-9(11(2)3)8-10-6-7-10/h4-5,9,11H,6-8H2,1-3H3. The Hall–Kier alpha value is -0.0831. The van der Waals surface area contributed by atoms with Crippen LogP contribution in [0.15, 0.2) is 12.2 Å². The van der Waals surface area contributed by atoms with Crippen molar-refractivity contribution < 1.29 is 0 Å². The Labute approximate surface area is 71.7 Å². The molecule has 1 aliphatic heterocycles. The fourth-order valence-corrected chi connectivity index (χ4v) is 2.68. The topological polar surface area (TPSA) is 3.01 Å². The molecule has 2 heteroatoms. The molecule has 0 spiro atoms. The van der Waals surface area contributed by atoms with Gasteiger partial charge in [-0.2, -0.15) is 0 Å². The molecule has 0 aliphatic carbocycles. The Morgan fingerprint density at radius 1 is 1.45 bits per heavy atom. The molecule has 11 heavy (non-hydrogen) atoms. The summed E-state index contributed by atoms with van der Waals surface area (Å²) in [6.07, 6.45) is 4.61. The third-order valence-corrected chi connectivity index (χ3v) is 4.45. The van der Waals surface area contributed by atoms with Crippen LogP contribution in [0.1, 0.15) is 6.92 Å². The molecule has 1 saturated heterocycles. The van der Waals surface area contributed by atoms with Crippen molar-refractivity contribution >= 4 is 8.80 Å². The molecule has 0 bridgehead atoms. The molecule has 1 fully saturated rings. The van der Waals surface area contributed by atoms with E-state index in [0.29, 0.717) is 0 Å². The summed E-state index contributed by atoms with van der Waals surface area (Å²) in [6.45, 7) is 11.0. The minimum Gasteiger partial charge on any atom is -0.301 e. The van der Waals surface area contributed by atoms with Gasteiger partial charge < -0.3 is 4.90 Å². The highest BCUT2D eigenvalue weighted by atomic mass is 28.3. The van der Waals surface area contributed by atoms with Crippen LogP contribution >= 0.6 is 0 Å². The Balaban J connectivity index is 2.30. The van der Waals surface area contributed by atoms with Crippen LogP contribution < -0.4 is 0 Å². The summed E-state index contributed by atoms with van der Waals surface area (Å²) in [5, 5.41) is 0. The van der Waals surface area contributed by atoms with E-state index < -0.39 is 8.80 Å². The Bertz CT molecular complexity index is 138. The molecule has 0 saturated carbocycles. The minimum absolute atomic E-state index is 0.448. The SMILES string of the molecule is CC=CC(CN1CC1)[SiH](C)C. The van der Waals surface area contributed by atoms with Gasteiger partial charge in [0, 0.05) is 28.4 Å². The zero-order valence-electron chi connectivity index (χ0n) is 7.88. The van der Waals surface area contributed by atoms with E-state index in [9.17, 15) is 0 Å². The summed E-state index contributed by atoms with van der Waals surface area (Å²) in [5.41, 5.74) is 0.905. The van der Waals surface area contributed by atoms with E-state index in [1.54, 1.807) is 0 Å². The van der Waals surface area contributed by atoms with Gasteiger partial charge in [0.05, 0.1) is 0 Å². The second-order valence-electron chi connectivity index (χ2n) is 3.73. The number of nitrogens with zero attached hydrogens (tertiary/aromatic N) is 1. The van der Waals surface area contributed by atoms with Crippen LogP contribution in [0, 0.1) is 0 Å². The van der Waals surface area contributed by atoms with Crippen molar-refractivity contribution in [2.45, 2.75) is 25.6 Å². The monoisotopic (exact) mass is 169 g/mol. The van der Waals surface area contributed by atoms with Crippen molar-refractivity contribution in [3.05, 3.63) is 12.2 Å². The third-order valence-electron chi connectivity index (χ3n) is 2.30. The van der Waals surface area contributed by atoms with Gasteiger partial charge in [-0.3, -0.25) is 0 Å². The number of rotatable bonds is 4. The van der Waals surface area contributed by atoms with Crippen molar-refractivity contribution in [1.29, 1.82) is 0 Å². The predicted molar refractivity (Wildman–Crippen MR) is 53.9 cm³/mol. The van der Waals surface area contributed by atoms with Gasteiger partial charge >= 0.3 is 0 Å². The first-order valence-electron chi connectivity index (χ1n) is 4.59. The first-order chi connectivity index (χ1) is 5.24. The van der Waals surface area contributed by atoms with Crippen molar-refractivity contribution in [2.75, 3.05) is 19.6 Å². The van der Waals surface area contributed by atoms with Gasteiger partial charge in [-0.25, -0.2) is 0 Å². The molecule has 1 aliphatic rings. The number of hydrogen-bond donors (Lipinski definition) is 0. The highest BCUT2D eigenvalue weighted by Crippen LogP contribution is 2.18. The van der Waals surface area contributed by atoms with Crippen LogP contribution in [0.4, 0.5) is 0 Å². The normalized spacial score (nSPS) is 21.5. The van der Waals surface area contributed by atoms with Gasteiger partial charge in [0.25, 0.3) is 0 Å². The second-order valence-corrected chi connectivity index (χ2v) is 7.08. The van der Waals surface area contributed by atoms with Gasteiger partial charge in [-0.1, -0.05) is 25.2 Å². The lowest BCUT2D eigenvalue weighted by Crippen LogP contribution is -2.18. The molecule has 0 radical (unpaired) electrons. The van der Waals surface area contributed by atoms with E-state index >= 15 is 0 Å². The van der Waals surface area contributed by atoms with E-state index in [0.717, 1.165) is 5.54 Å². The summed E-state index contributed by atoms with van der Waals surface area (Å²) >= 11 is 0. The van der Waals surface area contributed by atoms with Gasteiger partial charge in [0.15, 0.2) is 0 Å². The highest BCUT2D eigenvalue weighted by Gasteiger charge is 2.22. The third kappa shape index (κ3) is 3.21. The molecule has 0 aromatic heterocycles. The first kappa shape index (κ1) is 9.01. The van der Waals surface area contributed by atoms with E-state index in [1.165, 1.54) is 19.6 Å². The Kier molecular flexibility index (Phi) is 3.33. The lowest BCUT2D eigenvalue weighted by atomic mass is 10.4. The first-order valence-corrected chi connectivity index (χ1v) is 7.57. The van der Waals surface area contributed by atoms with Crippen LogP contribution in [0.25, 0.3) is 0 Å². The van der Waals surface area contributed by atoms with Gasteiger partial charge in [-0.05, 0) is 12.5 Å². The van der Waals surface area contributed by atoms with E-state index in [-0.39, 0.29) is 0 Å². The average Bonchev–Trinajstić information content (AvgIpc) is 2.70. The lowest BCUT2D eigenvalue weighted by Gasteiger charge is -2.15. The smallest absolute Gasteiger partial charge is 0.0396 e. The maximum absolute atomic E-state index is 2.53. The summed E-state index contributed by atoms with van der Waals surface area (Å²) in [7, 11) is -0.448. The zero-order valence-corrected chi connectivity index (χ0v) is 9.03. The van der Waals surface area contributed by atoms with Crippen molar-refractivity contribution in [3.63, 3.8) is 0 Å². The van der Waals surface area contributed by atoms with Gasteiger partial charge in [-0.15, -0.1) is 0 Å². The molecular weight excluding hydrogens is 150 g/mol. The molecule has 1 nitrogen and oxygen atoms in total. The molecule has 1 unspecified atom stereocenters. The fourth-order valence-electron chi connectivity index (χ4n) is 1.29. The molecule has 64 valence electrons. The Morgan fingerprint density at radius 3 is 2.45 bits per heavy atom.